The number of aliphatic carboxylic acids is 1. The maximum absolute atomic E-state index is 12.3. The van der Waals surface area contributed by atoms with Crippen molar-refractivity contribution in [1.29, 1.82) is 0 Å². The number of hydrogen-bond acceptors (Lipinski definition) is 3. The number of hydrogen-bond donors (Lipinski definition) is 2. The van der Waals surface area contributed by atoms with E-state index in [1.165, 1.54) is 18.2 Å². The number of alkyl halides is 3. The smallest absolute Gasteiger partial charge is 0.481 e. The monoisotopic (exact) mass is 291 g/mol. The summed E-state index contributed by atoms with van der Waals surface area (Å²) in [4.78, 5) is 21.8. The van der Waals surface area contributed by atoms with E-state index in [0.717, 1.165) is 13.0 Å². The van der Waals surface area contributed by atoms with Crippen molar-refractivity contribution in [3.05, 3.63) is 29.8 Å². The van der Waals surface area contributed by atoms with E-state index in [1.807, 2.05) is 0 Å². The number of carboxylic acids is 1. The molecule has 0 aliphatic heterocycles. The van der Waals surface area contributed by atoms with E-state index in [-0.39, 0.29) is 5.56 Å². The van der Waals surface area contributed by atoms with Gasteiger partial charge in [-0.1, -0.05) is 18.2 Å². The molecule has 0 saturated carbocycles. The average Bonchev–Trinajstić information content (AvgIpc) is 2.25. The van der Waals surface area contributed by atoms with E-state index in [2.05, 4.69) is 10.1 Å². The molecule has 5 nitrogen and oxygen atoms in total. The minimum Gasteiger partial charge on any atom is -0.481 e. The fourth-order valence-corrected chi connectivity index (χ4v) is 1.64. The van der Waals surface area contributed by atoms with Crippen molar-refractivity contribution < 1.29 is 32.6 Å². The van der Waals surface area contributed by atoms with Crippen LogP contribution in [0.4, 0.5) is 13.2 Å². The van der Waals surface area contributed by atoms with Gasteiger partial charge in [0.2, 0.25) is 5.91 Å². The van der Waals surface area contributed by atoms with Crippen LogP contribution >= 0.6 is 0 Å². The lowest BCUT2D eigenvalue weighted by atomic mass is 10.0. The van der Waals surface area contributed by atoms with Crippen LogP contribution in [0.5, 0.6) is 5.75 Å². The van der Waals surface area contributed by atoms with Crippen molar-refractivity contribution in [3.63, 3.8) is 0 Å². The molecule has 0 bridgehead atoms. The fourth-order valence-electron chi connectivity index (χ4n) is 1.64. The van der Waals surface area contributed by atoms with Crippen LogP contribution in [0.1, 0.15) is 24.9 Å². The zero-order valence-electron chi connectivity index (χ0n) is 10.4. The van der Waals surface area contributed by atoms with E-state index in [1.54, 1.807) is 0 Å². The van der Waals surface area contributed by atoms with Gasteiger partial charge in [0.1, 0.15) is 5.75 Å². The maximum atomic E-state index is 12.3. The summed E-state index contributed by atoms with van der Waals surface area (Å²) >= 11 is 0. The van der Waals surface area contributed by atoms with E-state index in [4.69, 9.17) is 5.11 Å². The van der Waals surface area contributed by atoms with E-state index < -0.39 is 36.5 Å². The van der Waals surface area contributed by atoms with Gasteiger partial charge in [0.05, 0.1) is 12.5 Å². The van der Waals surface area contributed by atoms with Gasteiger partial charge in [-0.3, -0.25) is 9.59 Å². The Labute approximate surface area is 112 Å². The van der Waals surface area contributed by atoms with Crippen molar-refractivity contribution >= 4 is 11.9 Å². The highest BCUT2D eigenvalue weighted by Crippen LogP contribution is 2.31. The molecular weight excluding hydrogens is 279 g/mol. The van der Waals surface area contributed by atoms with Gasteiger partial charge in [-0.2, -0.15) is 0 Å². The molecule has 0 saturated heterocycles. The standard InChI is InChI=1S/C12H12F3NO4/c1-7(17)16-9(6-11(18)19)8-4-2-3-5-10(8)20-12(13,14)15/h2-5,9H,6H2,1H3,(H,16,17)(H,18,19). The Morgan fingerprint density at radius 3 is 2.45 bits per heavy atom. The minimum absolute atomic E-state index is 0.0533. The molecule has 0 aliphatic rings. The molecule has 0 aliphatic carbocycles. The number of carbonyl (C=O) groups is 2. The van der Waals surface area contributed by atoms with Gasteiger partial charge >= 0.3 is 12.3 Å². The van der Waals surface area contributed by atoms with Gasteiger partial charge in [0.15, 0.2) is 0 Å². The highest BCUT2D eigenvalue weighted by atomic mass is 19.4. The number of benzene rings is 1. The van der Waals surface area contributed by atoms with Crippen LogP contribution in [0.15, 0.2) is 24.3 Å². The lowest BCUT2D eigenvalue weighted by Crippen LogP contribution is -2.29. The lowest BCUT2D eigenvalue weighted by molar-refractivity contribution is -0.275. The number of para-hydroxylation sites is 1. The summed E-state index contributed by atoms with van der Waals surface area (Å²) in [6, 6.07) is 3.96. The molecular formula is C12H12F3NO4. The molecule has 110 valence electrons. The number of carboxylic acid groups (broad SMARTS) is 1. The van der Waals surface area contributed by atoms with Gasteiger partial charge in [0, 0.05) is 12.5 Å². The average molecular weight is 291 g/mol. The molecule has 1 unspecified atom stereocenters. The van der Waals surface area contributed by atoms with E-state index >= 15 is 0 Å². The summed E-state index contributed by atoms with van der Waals surface area (Å²) in [5.41, 5.74) is -0.0533. The Balaban J connectivity index is 3.11. The van der Waals surface area contributed by atoms with Gasteiger partial charge in [-0.15, -0.1) is 13.2 Å². The van der Waals surface area contributed by atoms with Gasteiger partial charge < -0.3 is 15.2 Å². The normalized spacial score (nSPS) is 12.6. The molecule has 0 fully saturated rings. The summed E-state index contributed by atoms with van der Waals surface area (Å²) in [6.07, 6.45) is -5.46. The zero-order chi connectivity index (χ0) is 15.3. The highest BCUT2D eigenvalue weighted by molar-refractivity contribution is 5.75. The molecule has 0 spiro atoms. The predicted molar refractivity (Wildman–Crippen MR) is 61.9 cm³/mol. The largest absolute Gasteiger partial charge is 0.573 e. The number of ether oxygens (including phenoxy) is 1. The third kappa shape index (κ3) is 5.17. The van der Waals surface area contributed by atoms with Crippen molar-refractivity contribution in [2.24, 2.45) is 0 Å². The third-order valence-electron chi connectivity index (χ3n) is 2.28. The summed E-state index contributed by atoms with van der Waals surface area (Å²) in [7, 11) is 0. The van der Waals surface area contributed by atoms with Crippen LogP contribution in [-0.4, -0.2) is 23.3 Å². The van der Waals surface area contributed by atoms with Crippen LogP contribution in [0.2, 0.25) is 0 Å². The van der Waals surface area contributed by atoms with Crippen molar-refractivity contribution in [2.75, 3.05) is 0 Å². The molecule has 1 amide bonds. The fraction of sp³-hybridized carbons (Fsp3) is 0.333. The van der Waals surface area contributed by atoms with Crippen molar-refractivity contribution in [2.45, 2.75) is 25.7 Å². The number of nitrogens with one attached hydrogen (secondary N) is 1. The van der Waals surface area contributed by atoms with E-state index in [0.29, 0.717) is 0 Å². The first-order chi connectivity index (χ1) is 9.19. The quantitative estimate of drug-likeness (QED) is 0.872. The minimum atomic E-state index is -4.90. The molecule has 8 heteroatoms. The van der Waals surface area contributed by atoms with Crippen LogP contribution < -0.4 is 10.1 Å². The molecule has 1 aromatic carbocycles. The van der Waals surface area contributed by atoms with Crippen LogP contribution in [0.3, 0.4) is 0 Å². The summed E-state index contributed by atoms with van der Waals surface area (Å²) < 4.78 is 40.7. The SMILES string of the molecule is CC(=O)NC(CC(=O)O)c1ccccc1OC(F)(F)F. The maximum Gasteiger partial charge on any atom is 0.573 e. The molecule has 0 heterocycles. The molecule has 1 atom stereocenters. The van der Waals surface area contributed by atoms with Crippen LogP contribution in [0.25, 0.3) is 0 Å². The Bertz CT molecular complexity index is 486. The summed E-state index contributed by atoms with van der Waals surface area (Å²) in [5.74, 6) is -2.36. The van der Waals surface area contributed by atoms with Crippen LogP contribution in [-0.2, 0) is 9.59 Å². The van der Waals surface area contributed by atoms with E-state index in [9.17, 15) is 22.8 Å². The second-order valence-electron chi connectivity index (χ2n) is 3.94. The molecule has 0 radical (unpaired) electrons. The second-order valence-corrected chi connectivity index (χ2v) is 3.94. The Morgan fingerprint density at radius 2 is 1.95 bits per heavy atom. The first-order valence-electron chi connectivity index (χ1n) is 5.52. The third-order valence-corrected chi connectivity index (χ3v) is 2.28. The van der Waals surface area contributed by atoms with Crippen molar-refractivity contribution in [3.8, 4) is 5.75 Å². The Kier molecular flexibility index (Phi) is 4.95. The number of rotatable bonds is 5. The van der Waals surface area contributed by atoms with Gasteiger partial charge in [0.25, 0.3) is 0 Å². The zero-order valence-corrected chi connectivity index (χ0v) is 10.4. The van der Waals surface area contributed by atoms with Crippen molar-refractivity contribution in [1.82, 2.24) is 5.32 Å². The summed E-state index contributed by atoms with van der Waals surface area (Å²) in [5, 5.41) is 11.1. The molecule has 1 aromatic rings. The molecule has 1 rings (SSSR count). The summed E-state index contributed by atoms with van der Waals surface area (Å²) in [6.45, 7) is 1.14. The molecule has 0 aromatic heterocycles. The Hall–Kier alpha value is -2.25. The second kappa shape index (κ2) is 6.27. The number of carbonyl (C=O) groups excluding carboxylic acids is 1. The van der Waals surface area contributed by atoms with Crippen LogP contribution in [0, 0.1) is 0 Å². The number of halogens is 3. The number of amides is 1. The Morgan fingerprint density at radius 1 is 1.35 bits per heavy atom. The topological polar surface area (TPSA) is 75.6 Å². The van der Waals surface area contributed by atoms with Gasteiger partial charge in [-0.25, -0.2) is 0 Å². The van der Waals surface area contributed by atoms with Gasteiger partial charge in [-0.05, 0) is 6.07 Å². The predicted octanol–water partition coefficient (Wildman–Crippen LogP) is 2.24. The lowest BCUT2D eigenvalue weighted by Gasteiger charge is -2.20. The highest BCUT2D eigenvalue weighted by Gasteiger charge is 2.33. The first-order valence-corrected chi connectivity index (χ1v) is 5.52. The first kappa shape index (κ1) is 15.8. The molecule has 2 N–H and O–H groups in total. The molecule has 20 heavy (non-hydrogen) atoms.